The van der Waals surface area contributed by atoms with Crippen molar-refractivity contribution in [1.29, 1.82) is 0 Å². The highest BCUT2D eigenvalue weighted by atomic mass is 16.4. The standard InChI is InChI=1S/C14H12N2O5/c1-7-5-10(17)16(13(19)11(7)12(15)18)9-4-2-3-8(6-9)14(20)21/h2-6,17H,1H3,(H2,15,18)(H,20,21). The zero-order valence-corrected chi connectivity index (χ0v) is 11.0. The Kier molecular flexibility index (Phi) is 3.49. The van der Waals surface area contributed by atoms with E-state index in [1.165, 1.54) is 37.3 Å². The van der Waals surface area contributed by atoms with Gasteiger partial charge >= 0.3 is 5.97 Å². The number of aromatic hydroxyl groups is 1. The maximum atomic E-state index is 12.3. The zero-order chi connectivity index (χ0) is 15.7. The third-order valence-electron chi connectivity index (χ3n) is 2.98. The molecular formula is C14H12N2O5. The molecule has 1 heterocycles. The van der Waals surface area contributed by atoms with Crippen LogP contribution in [0.3, 0.4) is 0 Å². The predicted molar refractivity (Wildman–Crippen MR) is 73.9 cm³/mol. The van der Waals surface area contributed by atoms with Gasteiger partial charge in [-0.2, -0.15) is 0 Å². The lowest BCUT2D eigenvalue weighted by Gasteiger charge is -2.12. The molecule has 0 saturated carbocycles. The minimum absolute atomic E-state index is 0.0556. The summed E-state index contributed by atoms with van der Waals surface area (Å²) < 4.78 is 0.833. The van der Waals surface area contributed by atoms with Crippen LogP contribution in [0.2, 0.25) is 0 Å². The molecule has 7 nitrogen and oxygen atoms in total. The minimum Gasteiger partial charge on any atom is -0.494 e. The van der Waals surface area contributed by atoms with Crippen LogP contribution in [0.4, 0.5) is 0 Å². The molecule has 0 radical (unpaired) electrons. The molecule has 0 aliphatic heterocycles. The summed E-state index contributed by atoms with van der Waals surface area (Å²) in [5.41, 5.74) is 4.42. The summed E-state index contributed by atoms with van der Waals surface area (Å²) in [6, 6.07) is 6.64. The van der Waals surface area contributed by atoms with Crippen molar-refractivity contribution < 1.29 is 19.8 Å². The lowest BCUT2D eigenvalue weighted by molar-refractivity contribution is 0.0696. The number of aryl methyl sites for hydroxylation is 1. The third-order valence-corrected chi connectivity index (χ3v) is 2.98. The van der Waals surface area contributed by atoms with Gasteiger partial charge in [-0.15, -0.1) is 0 Å². The average Bonchev–Trinajstić information content (AvgIpc) is 2.37. The third kappa shape index (κ3) is 2.48. The van der Waals surface area contributed by atoms with E-state index in [1.54, 1.807) is 0 Å². The van der Waals surface area contributed by atoms with Crippen LogP contribution in [0.25, 0.3) is 5.69 Å². The van der Waals surface area contributed by atoms with Crippen LogP contribution in [-0.2, 0) is 0 Å². The maximum absolute atomic E-state index is 12.3. The van der Waals surface area contributed by atoms with Crippen LogP contribution in [0, 0.1) is 6.92 Å². The zero-order valence-electron chi connectivity index (χ0n) is 11.0. The van der Waals surface area contributed by atoms with Crippen LogP contribution in [0.5, 0.6) is 5.88 Å². The number of hydrogen-bond acceptors (Lipinski definition) is 4. The topological polar surface area (TPSA) is 123 Å². The highest BCUT2D eigenvalue weighted by Gasteiger charge is 2.18. The smallest absolute Gasteiger partial charge is 0.335 e. The van der Waals surface area contributed by atoms with Crippen molar-refractivity contribution in [3.63, 3.8) is 0 Å². The van der Waals surface area contributed by atoms with Gasteiger partial charge in [0.2, 0.25) is 0 Å². The molecular weight excluding hydrogens is 276 g/mol. The van der Waals surface area contributed by atoms with Crippen LogP contribution >= 0.6 is 0 Å². The molecule has 21 heavy (non-hydrogen) atoms. The quantitative estimate of drug-likeness (QED) is 0.765. The van der Waals surface area contributed by atoms with E-state index in [0.717, 1.165) is 4.57 Å². The van der Waals surface area contributed by atoms with Crippen molar-refractivity contribution >= 4 is 11.9 Å². The number of carbonyl (C=O) groups is 2. The van der Waals surface area contributed by atoms with Gasteiger partial charge < -0.3 is 15.9 Å². The lowest BCUT2D eigenvalue weighted by Crippen LogP contribution is -2.30. The van der Waals surface area contributed by atoms with E-state index in [2.05, 4.69) is 0 Å². The van der Waals surface area contributed by atoms with E-state index in [9.17, 15) is 19.5 Å². The van der Waals surface area contributed by atoms with E-state index in [4.69, 9.17) is 10.8 Å². The first-order valence-corrected chi connectivity index (χ1v) is 5.92. The highest BCUT2D eigenvalue weighted by Crippen LogP contribution is 2.18. The number of carboxylic acids is 1. The Morgan fingerprint density at radius 3 is 2.48 bits per heavy atom. The van der Waals surface area contributed by atoms with Crippen molar-refractivity contribution in [2.45, 2.75) is 6.92 Å². The molecule has 1 amide bonds. The number of aromatic nitrogens is 1. The molecule has 0 atom stereocenters. The Balaban J connectivity index is 2.78. The Labute approximate surface area is 118 Å². The Morgan fingerprint density at radius 1 is 1.24 bits per heavy atom. The molecule has 1 aromatic carbocycles. The van der Waals surface area contributed by atoms with E-state index >= 15 is 0 Å². The molecule has 0 saturated heterocycles. The summed E-state index contributed by atoms with van der Waals surface area (Å²) >= 11 is 0. The number of carbonyl (C=O) groups excluding carboxylic acids is 1. The van der Waals surface area contributed by atoms with Crippen molar-refractivity contribution in [1.82, 2.24) is 4.57 Å². The molecule has 7 heteroatoms. The highest BCUT2D eigenvalue weighted by molar-refractivity contribution is 5.94. The minimum atomic E-state index is -1.17. The fourth-order valence-electron chi connectivity index (χ4n) is 2.04. The van der Waals surface area contributed by atoms with Gasteiger partial charge in [0.05, 0.1) is 11.3 Å². The number of nitrogens with two attached hydrogens (primary N) is 1. The number of aromatic carboxylic acids is 1. The van der Waals surface area contributed by atoms with E-state index in [1.807, 2.05) is 0 Å². The molecule has 0 bridgehead atoms. The van der Waals surface area contributed by atoms with Crippen LogP contribution in [0.1, 0.15) is 26.3 Å². The van der Waals surface area contributed by atoms with Gasteiger partial charge in [-0.05, 0) is 30.7 Å². The molecule has 0 spiro atoms. The summed E-state index contributed by atoms with van der Waals surface area (Å²) in [5.74, 6) is -2.50. The Hall–Kier alpha value is -3.09. The molecule has 4 N–H and O–H groups in total. The summed E-state index contributed by atoms with van der Waals surface area (Å²) in [5, 5.41) is 18.9. The second kappa shape index (κ2) is 5.12. The molecule has 0 aliphatic carbocycles. The first kappa shape index (κ1) is 14.3. The lowest BCUT2D eigenvalue weighted by atomic mass is 10.1. The SMILES string of the molecule is Cc1cc(O)n(-c2cccc(C(=O)O)c2)c(=O)c1C(N)=O. The average molecular weight is 288 g/mol. The van der Waals surface area contributed by atoms with E-state index in [-0.39, 0.29) is 22.4 Å². The van der Waals surface area contributed by atoms with Crippen LogP contribution in [0.15, 0.2) is 35.1 Å². The Bertz CT molecular complexity index is 807. The van der Waals surface area contributed by atoms with Gasteiger partial charge in [0.15, 0.2) is 5.88 Å². The van der Waals surface area contributed by atoms with Gasteiger partial charge in [-0.25, -0.2) is 9.36 Å². The fourth-order valence-corrected chi connectivity index (χ4v) is 2.04. The monoisotopic (exact) mass is 288 g/mol. The normalized spacial score (nSPS) is 10.3. The number of nitrogens with zero attached hydrogens (tertiary/aromatic N) is 1. The number of amides is 1. The molecule has 108 valence electrons. The molecule has 2 rings (SSSR count). The number of pyridine rings is 1. The van der Waals surface area contributed by atoms with Crippen LogP contribution < -0.4 is 11.3 Å². The number of primary amides is 1. The largest absolute Gasteiger partial charge is 0.494 e. The van der Waals surface area contributed by atoms with Crippen molar-refractivity contribution in [3.05, 3.63) is 57.4 Å². The fraction of sp³-hybridized carbons (Fsp3) is 0.0714. The first-order chi connectivity index (χ1) is 9.82. The van der Waals surface area contributed by atoms with Crippen molar-refractivity contribution in [3.8, 4) is 11.6 Å². The summed E-state index contributed by atoms with van der Waals surface area (Å²) in [4.78, 5) is 34.6. The number of rotatable bonds is 3. The Morgan fingerprint density at radius 2 is 1.90 bits per heavy atom. The molecule has 0 fully saturated rings. The van der Waals surface area contributed by atoms with Crippen molar-refractivity contribution in [2.24, 2.45) is 5.73 Å². The van der Waals surface area contributed by atoms with E-state index in [0.29, 0.717) is 0 Å². The number of carboxylic acid groups (broad SMARTS) is 1. The van der Waals surface area contributed by atoms with Crippen LogP contribution in [-0.4, -0.2) is 26.7 Å². The number of benzene rings is 1. The van der Waals surface area contributed by atoms with Gasteiger partial charge in [0.25, 0.3) is 11.5 Å². The maximum Gasteiger partial charge on any atom is 0.335 e. The van der Waals surface area contributed by atoms with Crippen molar-refractivity contribution in [2.75, 3.05) is 0 Å². The summed E-state index contributed by atoms with van der Waals surface area (Å²) in [7, 11) is 0. The number of hydrogen-bond donors (Lipinski definition) is 3. The molecule has 0 unspecified atom stereocenters. The second-order valence-corrected chi connectivity index (χ2v) is 4.42. The summed E-state index contributed by atoms with van der Waals surface area (Å²) in [6.45, 7) is 1.47. The molecule has 2 aromatic rings. The van der Waals surface area contributed by atoms with E-state index < -0.39 is 23.3 Å². The van der Waals surface area contributed by atoms with Gasteiger partial charge in [-0.1, -0.05) is 6.07 Å². The van der Waals surface area contributed by atoms with Gasteiger partial charge in [0, 0.05) is 6.07 Å². The predicted octanol–water partition coefficient (Wildman–Crippen LogP) is 0.649. The summed E-state index contributed by atoms with van der Waals surface area (Å²) in [6.07, 6.45) is 0. The first-order valence-electron chi connectivity index (χ1n) is 5.92. The molecule has 1 aromatic heterocycles. The second-order valence-electron chi connectivity index (χ2n) is 4.42. The van der Waals surface area contributed by atoms with Gasteiger partial charge in [-0.3, -0.25) is 9.59 Å². The molecule has 0 aliphatic rings. The van der Waals surface area contributed by atoms with Gasteiger partial charge in [0.1, 0.15) is 5.56 Å².